The van der Waals surface area contributed by atoms with Crippen LogP contribution in [0.2, 0.25) is 0 Å². The van der Waals surface area contributed by atoms with Gasteiger partial charge in [-0.3, -0.25) is 4.79 Å². The highest BCUT2D eigenvalue weighted by Crippen LogP contribution is 2.08. The lowest BCUT2D eigenvalue weighted by molar-refractivity contribution is -0.142. The van der Waals surface area contributed by atoms with Crippen molar-refractivity contribution < 1.29 is 9.53 Å². The Morgan fingerprint density at radius 1 is 1.31 bits per heavy atom. The van der Waals surface area contributed by atoms with Crippen molar-refractivity contribution >= 4 is 11.6 Å². The van der Waals surface area contributed by atoms with Crippen LogP contribution in [0.25, 0.3) is 0 Å². The summed E-state index contributed by atoms with van der Waals surface area (Å²) in [7, 11) is 0. The number of morpholine rings is 1. The molecule has 0 aromatic heterocycles. The molecule has 0 unspecified atom stereocenters. The van der Waals surface area contributed by atoms with E-state index in [9.17, 15) is 4.79 Å². The molecule has 1 aromatic carbocycles. The van der Waals surface area contributed by atoms with Gasteiger partial charge in [-0.25, -0.2) is 0 Å². The van der Waals surface area contributed by atoms with Crippen LogP contribution in [0.15, 0.2) is 24.3 Å². The second-order valence-electron chi connectivity index (χ2n) is 3.92. The number of nitrogen functional groups attached to an aromatic ring is 1. The average molecular weight is 220 g/mol. The van der Waals surface area contributed by atoms with Gasteiger partial charge in [0.25, 0.3) is 0 Å². The number of hydrogen-bond acceptors (Lipinski definition) is 3. The predicted molar refractivity (Wildman–Crippen MR) is 62.0 cm³/mol. The van der Waals surface area contributed by atoms with E-state index in [-0.39, 0.29) is 12.5 Å². The third-order valence-corrected chi connectivity index (χ3v) is 2.73. The Morgan fingerprint density at radius 2 is 2.06 bits per heavy atom. The fraction of sp³-hybridized carbons (Fsp3) is 0.417. The summed E-state index contributed by atoms with van der Waals surface area (Å²) in [4.78, 5) is 13.3. The van der Waals surface area contributed by atoms with Gasteiger partial charge >= 0.3 is 0 Å². The fourth-order valence-electron chi connectivity index (χ4n) is 1.74. The summed E-state index contributed by atoms with van der Waals surface area (Å²) in [5.74, 6) is 0.0849. The fourth-order valence-corrected chi connectivity index (χ4v) is 1.74. The predicted octanol–water partition coefficient (Wildman–Crippen LogP) is 0.670. The molecule has 0 saturated carbocycles. The summed E-state index contributed by atoms with van der Waals surface area (Å²) in [6.07, 6.45) is 0.867. The van der Waals surface area contributed by atoms with E-state index in [4.69, 9.17) is 10.5 Å². The zero-order chi connectivity index (χ0) is 11.4. The Morgan fingerprint density at radius 3 is 2.75 bits per heavy atom. The van der Waals surface area contributed by atoms with Crippen LogP contribution in [0.1, 0.15) is 5.56 Å². The number of carbonyl (C=O) groups is 1. The molecule has 2 N–H and O–H groups in total. The molecule has 1 aliphatic rings. The van der Waals surface area contributed by atoms with Crippen molar-refractivity contribution in [2.45, 2.75) is 6.42 Å². The number of nitrogens with zero attached hydrogens (tertiary/aromatic N) is 1. The molecule has 0 atom stereocenters. The van der Waals surface area contributed by atoms with Crippen LogP contribution >= 0.6 is 0 Å². The minimum atomic E-state index is 0.0849. The monoisotopic (exact) mass is 220 g/mol. The highest BCUT2D eigenvalue weighted by atomic mass is 16.5. The highest BCUT2D eigenvalue weighted by Gasteiger charge is 2.17. The van der Waals surface area contributed by atoms with Crippen molar-refractivity contribution in [3.05, 3.63) is 29.8 Å². The molecule has 0 radical (unpaired) electrons. The van der Waals surface area contributed by atoms with Gasteiger partial charge in [0, 0.05) is 18.8 Å². The molecule has 0 bridgehead atoms. The van der Waals surface area contributed by atoms with Gasteiger partial charge in [0.05, 0.1) is 6.61 Å². The Balaban J connectivity index is 1.86. The summed E-state index contributed by atoms with van der Waals surface area (Å²) in [6.45, 7) is 2.33. The van der Waals surface area contributed by atoms with Gasteiger partial charge in [-0.1, -0.05) is 12.1 Å². The van der Waals surface area contributed by atoms with Crippen LogP contribution in [0.4, 0.5) is 5.69 Å². The molecular formula is C12H16N2O2. The summed E-state index contributed by atoms with van der Waals surface area (Å²) in [5.41, 5.74) is 7.58. The topological polar surface area (TPSA) is 55.6 Å². The van der Waals surface area contributed by atoms with Gasteiger partial charge in [0.15, 0.2) is 0 Å². The first-order valence-electron chi connectivity index (χ1n) is 5.45. The van der Waals surface area contributed by atoms with Crippen molar-refractivity contribution in [3.8, 4) is 0 Å². The molecule has 0 aliphatic carbocycles. The van der Waals surface area contributed by atoms with Crippen LogP contribution in [0, 0.1) is 0 Å². The Labute approximate surface area is 95.0 Å². The Kier molecular flexibility index (Phi) is 3.41. The molecule has 86 valence electrons. The van der Waals surface area contributed by atoms with Crippen molar-refractivity contribution in [1.82, 2.24) is 4.90 Å². The number of rotatable bonds is 3. The molecule has 1 saturated heterocycles. The quantitative estimate of drug-likeness (QED) is 0.762. The highest BCUT2D eigenvalue weighted by molar-refractivity contribution is 5.78. The maximum atomic E-state index is 11.5. The second kappa shape index (κ2) is 4.99. The first-order valence-corrected chi connectivity index (χ1v) is 5.45. The Bertz CT molecular complexity index is 362. The number of ether oxygens (including phenoxy) is 1. The van der Waals surface area contributed by atoms with Gasteiger partial charge in [-0.15, -0.1) is 0 Å². The van der Waals surface area contributed by atoms with Crippen LogP contribution in [0.5, 0.6) is 0 Å². The molecule has 16 heavy (non-hydrogen) atoms. The van der Waals surface area contributed by atoms with Crippen molar-refractivity contribution in [1.29, 1.82) is 0 Å². The SMILES string of the molecule is Nc1ccc(CCN2CCOCC2=O)cc1. The number of amides is 1. The standard InChI is InChI=1S/C12H16N2O2/c13-11-3-1-10(2-4-11)5-6-14-7-8-16-9-12(14)15/h1-4H,5-9,13H2. The first-order chi connectivity index (χ1) is 7.75. The average Bonchev–Trinajstić information content (AvgIpc) is 2.30. The van der Waals surface area contributed by atoms with Gasteiger partial charge in [-0.05, 0) is 24.1 Å². The van der Waals surface area contributed by atoms with Crippen molar-refractivity contribution in [2.24, 2.45) is 0 Å². The molecule has 1 heterocycles. The van der Waals surface area contributed by atoms with E-state index in [0.717, 1.165) is 18.7 Å². The van der Waals surface area contributed by atoms with E-state index >= 15 is 0 Å². The van der Waals surface area contributed by atoms with Crippen molar-refractivity contribution in [2.75, 3.05) is 32.0 Å². The van der Waals surface area contributed by atoms with Crippen LogP contribution in [-0.4, -0.2) is 37.1 Å². The second-order valence-corrected chi connectivity index (χ2v) is 3.92. The molecule has 2 rings (SSSR count). The third-order valence-electron chi connectivity index (χ3n) is 2.73. The lowest BCUT2D eigenvalue weighted by atomic mass is 10.1. The molecule has 1 aliphatic heterocycles. The minimum Gasteiger partial charge on any atom is -0.399 e. The lowest BCUT2D eigenvalue weighted by Crippen LogP contribution is -2.42. The van der Waals surface area contributed by atoms with E-state index in [1.807, 2.05) is 29.2 Å². The zero-order valence-corrected chi connectivity index (χ0v) is 9.19. The van der Waals surface area contributed by atoms with E-state index in [1.165, 1.54) is 5.56 Å². The van der Waals surface area contributed by atoms with E-state index in [0.29, 0.717) is 13.2 Å². The normalized spacial score (nSPS) is 16.5. The van der Waals surface area contributed by atoms with Gasteiger partial charge in [0.1, 0.15) is 6.61 Å². The van der Waals surface area contributed by atoms with Gasteiger partial charge < -0.3 is 15.4 Å². The molecule has 4 nitrogen and oxygen atoms in total. The molecule has 4 heteroatoms. The zero-order valence-electron chi connectivity index (χ0n) is 9.19. The van der Waals surface area contributed by atoms with Crippen LogP contribution < -0.4 is 5.73 Å². The van der Waals surface area contributed by atoms with Crippen molar-refractivity contribution in [3.63, 3.8) is 0 Å². The summed E-state index contributed by atoms with van der Waals surface area (Å²) in [5, 5.41) is 0. The summed E-state index contributed by atoms with van der Waals surface area (Å²) in [6, 6.07) is 7.77. The molecule has 1 aromatic rings. The number of hydrogen-bond donors (Lipinski definition) is 1. The lowest BCUT2D eigenvalue weighted by Gasteiger charge is -2.26. The smallest absolute Gasteiger partial charge is 0.248 e. The maximum Gasteiger partial charge on any atom is 0.248 e. The van der Waals surface area contributed by atoms with Gasteiger partial charge in [0.2, 0.25) is 5.91 Å². The number of carbonyl (C=O) groups excluding carboxylic acids is 1. The van der Waals surface area contributed by atoms with E-state index < -0.39 is 0 Å². The Hall–Kier alpha value is -1.55. The van der Waals surface area contributed by atoms with E-state index in [1.54, 1.807) is 0 Å². The summed E-state index contributed by atoms with van der Waals surface area (Å²) >= 11 is 0. The maximum absolute atomic E-state index is 11.5. The number of benzene rings is 1. The van der Waals surface area contributed by atoms with Crippen LogP contribution in [-0.2, 0) is 16.0 Å². The number of anilines is 1. The van der Waals surface area contributed by atoms with Crippen LogP contribution in [0.3, 0.4) is 0 Å². The molecule has 0 spiro atoms. The number of nitrogens with two attached hydrogens (primary N) is 1. The molecule has 1 fully saturated rings. The molecular weight excluding hydrogens is 204 g/mol. The van der Waals surface area contributed by atoms with E-state index in [2.05, 4.69) is 0 Å². The molecule has 1 amide bonds. The minimum absolute atomic E-state index is 0.0849. The van der Waals surface area contributed by atoms with Gasteiger partial charge in [-0.2, -0.15) is 0 Å². The first kappa shape index (κ1) is 11.0. The largest absolute Gasteiger partial charge is 0.399 e. The third kappa shape index (κ3) is 2.73. The summed E-state index contributed by atoms with van der Waals surface area (Å²) < 4.78 is 5.07.